The molecule has 1 aliphatic heterocycles. The van der Waals surface area contributed by atoms with Crippen molar-refractivity contribution in [3.05, 3.63) is 94.8 Å². The Bertz CT molecular complexity index is 1310. The van der Waals surface area contributed by atoms with Crippen molar-refractivity contribution < 1.29 is 14.1 Å². The molecule has 35 heavy (non-hydrogen) atoms. The number of likely N-dealkylation sites (N-methyl/N-ethyl adjacent to an activating group) is 1. The van der Waals surface area contributed by atoms with Crippen LogP contribution in [0.1, 0.15) is 54.1 Å². The molecule has 0 fully saturated rings. The second-order valence-electron chi connectivity index (χ2n) is 10.3. The molecule has 0 N–H and O–H groups in total. The minimum Gasteiger partial charge on any atom is -0.316 e. The van der Waals surface area contributed by atoms with Crippen molar-refractivity contribution in [3.63, 3.8) is 0 Å². The normalized spacial score (nSPS) is 19.8. The van der Waals surface area contributed by atoms with E-state index in [1.807, 2.05) is 24.3 Å². The van der Waals surface area contributed by atoms with Crippen molar-refractivity contribution in [1.82, 2.24) is 4.90 Å². The van der Waals surface area contributed by atoms with Crippen molar-refractivity contribution >= 4 is 22.3 Å². The summed E-state index contributed by atoms with van der Waals surface area (Å²) < 4.78 is 0.523. The molecule has 4 heteroatoms. The smallest absolute Gasteiger partial charge is 0.248 e. The molecule has 0 aromatic heterocycles. The van der Waals surface area contributed by atoms with E-state index in [-0.39, 0.29) is 11.6 Å². The Morgan fingerprint density at radius 2 is 1.66 bits per heavy atom. The molecule has 0 radical (unpaired) electrons. The van der Waals surface area contributed by atoms with E-state index < -0.39 is 0 Å². The third kappa shape index (κ3) is 4.55. The number of allylic oxidation sites excluding steroid dienone is 2. The number of nitrogens with zero attached hydrogens (tertiary/aromatic N) is 2. The third-order valence-electron chi connectivity index (χ3n) is 7.64. The van der Waals surface area contributed by atoms with E-state index >= 15 is 0 Å². The predicted octanol–water partition coefficient (Wildman–Crippen LogP) is 5.90. The zero-order valence-electron chi connectivity index (χ0n) is 20.9. The second-order valence-corrected chi connectivity index (χ2v) is 10.3. The predicted molar refractivity (Wildman–Crippen MR) is 141 cm³/mol. The fourth-order valence-corrected chi connectivity index (χ4v) is 5.78. The minimum absolute atomic E-state index is 0.0349. The van der Waals surface area contributed by atoms with Crippen LogP contribution in [0.4, 0.5) is 0 Å². The van der Waals surface area contributed by atoms with Crippen molar-refractivity contribution in [2.75, 3.05) is 26.8 Å². The van der Waals surface area contributed by atoms with E-state index in [9.17, 15) is 9.59 Å². The van der Waals surface area contributed by atoms with Crippen LogP contribution in [0, 0.1) is 0 Å². The number of carbonyl (C=O) groups is 2. The summed E-state index contributed by atoms with van der Waals surface area (Å²) in [6.07, 6.45) is 5.73. The summed E-state index contributed by atoms with van der Waals surface area (Å²) in [6.45, 7) is 4.51. The van der Waals surface area contributed by atoms with Gasteiger partial charge in [-0.15, -0.1) is 0 Å². The van der Waals surface area contributed by atoms with Crippen LogP contribution >= 0.6 is 0 Å². The lowest BCUT2D eigenvalue weighted by molar-refractivity contribution is -0.869. The largest absolute Gasteiger partial charge is 0.316 e. The summed E-state index contributed by atoms with van der Waals surface area (Å²) in [7, 11) is 2.15. The lowest BCUT2D eigenvalue weighted by atomic mass is 10.0. The van der Waals surface area contributed by atoms with Gasteiger partial charge >= 0.3 is 0 Å². The number of Topliss-reactive ketones (excluding diaryl/α,β-unsaturated/α-hetero) is 2. The van der Waals surface area contributed by atoms with E-state index in [4.69, 9.17) is 0 Å². The Kier molecular flexibility index (Phi) is 6.57. The van der Waals surface area contributed by atoms with Crippen LogP contribution in [0.15, 0.2) is 78.1 Å². The Morgan fingerprint density at radius 3 is 2.49 bits per heavy atom. The van der Waals surface area contributed by atoms with Crippen LogP contribution < -0.4 is 0 Å². The molecule has 1 atom stereocenters. The average Bonchev–Trinajstić information content (AvgIpc) is 3.11. The first kappa shape index (κ1) is 23.5. The van der Waals surface area contributed by atoms with Gasteiger partial charge < -0.3 is 4.90 Å². The number of hydrogen-bond donors (Lipinski definition) is 0. The van der Waals surface area contributed by atoms with Crippen molar-refractivity contribution in [1.29, 1.82) is 0 Å². The summed E-state index contributed by atoms with van der Waals surface area (Å²) in [4.78, 5) is 29.7. The van der Waals surface area contributed by atoms with E-state index in [2.05, 4.69) is 61.3 Å². The second kappa shape index (κ2) is 9.79. The number of fused-ring (bicyclic) bond motifs is 2. The number of quaternary nitrogens is 1. The first-order valence-electron chi connectivity index (χ1n) is 13.0. The molecule has 4 nitrogen and oxygen atoms in total. The van der Waals surface area contributed by atoms with Gasteiger partial charge in [0.15, 0.2) is 18.1 Å². The molecule has 5 rings (SSSR count). The highest BCUT2D eigenvalue weighted by Crippen LogP contribution is 2.37. The van der Waals surface area contributed by atoms with Gasteiger partial charge in [0.1, 0.15) is 0 Å². The monoisotopic (exact) mass is 467 g/mol. The summed E-state index contributed by atoms with van der Waals surface area (Å²) in [5, 5.41) is 2.47. The summed E-state index contributed by atoms with van der Waals surface area (Å²) >= 11 is 0. The van der Waals surface area contributed by atoms with Gasteiger partial charge in [0.2, 0.25) is 11.5 Å². The van der Waals surface area contributed by atoms with Crippen LogP contribution in [-0.2, 0) is 17.6 Å². The highest BCUT2D eigenvalue weighted by atomic mass is 16.1. The third-order valence-corrected chi connectivity index (χ3v) is 7.64. The zero-order chi connectivity index (χ0) is 24.4. The number of unbranched alkanes of at least 4 members (excludes halogenated alkanes) is 3. The van der Waals surface area contributed by atoms with Gasteiger partial charge in [-0.05, 0) is 41.2 Å². The molecule has 0 saturated heterocycles. The molecule has 1 aliphatic carbocycles. The number of carbonyl (C=O) groups excluding carboxylic acids is 2. The fraction of sp³-hybridized carbons (Fsp3) is 0.355. The highest BCUT2D eigenvalue weighted by molar-refractivity contribution is 6.16. The molecule has 2 aliphatic rings. The molecule has 0 spiro atoms. The minimum atomic E-state index is 0.0349. The molecule has 180 valence electrons. The van der Waals surface area contributed by atoms with Crippen LogP contribution in [0.3, 0.4) is 0 Å². The molecule has 1 heterocycles. The van der Waals surface area contributed by atoms with E-state index in [0.717, 1.165) is 37.9 Å². The van der Waals surface area contributed by atoms with Crippen molar-refractivity contribution in [3.8, 4) is 0 Å². The standard InChI is InChI=1S/C31H35N2O2/c1-3-4-5-10-19-33(2)22-32(18-17-23-15-16-24-11-6-7-12-25(24)20-23)29-28(34)21-26-13-8-9-14-27(26)31(35)30(29)33/h6-9,11-16,20H,3-5,10,17-19,21-22H2,1-2H3/q+1. The topological polar surface area (TPSA) is 37.4 Å². The van der Waals surface area contributed by atoms with E-state index in [1.165, 1.54) is 29.2 Å². The van der Waals surface area contributed by atoms with Crippen LogP contribution in [-0.4, -0.2) is 47.8 Å². The fourth-order valence-electron chi connectivity index (χ4n) is 5.78. The number of ketones is 2. The Hall–Kier alpha value is -3.24. The van der Waals surface area contributed by atoms with Gasteiger partial charge in [-0.25, -0.2) is 0 Å². The molecule has 0 saturated carbocycles. The van der Waals surface area contributed by atoms with Crippen molar-refractivity contribution in [2.24, 2.45) is 0 Å². The van der Waals surface area contributed by atoms with Gasteiger partial charge in [-0.1, -0.05) is 86.5 Å². The lowest BCUT2D eigenvalue weighted by Crippen LogP contribution is -2.47. The Morgan fingerprint density at radius 1 is 0.886 bits per heavy atom. The molecular weight excluding hydrogens is 432 g/mol. The molecule has 1 unspecified atom stereocenters. The average molecular weight is 468 g/mol. The number of rotatable bonds is 8. The van der Waals surface area contributed by atoms with Crippen LogP contribution in [0.2, 0.25) is 0 Å². The molecule has 0 amide bonds. The van der Waals surface area contributed by atoms with E-state index in [1.54, 1.807) is 0 Å². The van der Waals surface area contributed by atoms with Gasteiger partial charge in [0, 0.05) is 18.5 Å². The van der Waals surface area contributed by atoms with Gasteiger partial charge in [0.25, 0.3) is 0 Å². The van der Waals surface area contributed by atoms with Gasteiger partial charge in [-0.3, -0.25) is 14.1 Å². The summed E-state index contributed by atoms with van der Waals surface area (Å²) in [6, 6.07) is 22.7. The van der Waals surface area contributed by atoms with Gasteiger partial charge in [0.05, 0.1) is 13.6 Å². The summed E-state index contributed by atoms with van der Waals surface area (Å²) in [5.74, 6) is 0.111. The Balaban J connectivity index is 1.46. The quantitative estimate of drug-likeness (QED) is 0.306. The van der Waals surface area contributed by atoms with Crippen LogP contribution in [0.5, 0.6) is 0 Å². The maximum atomic E-state index is 13.9. The first-order valence-corrected chi connectivity index (χ1v) is 13.0. The molecular formula is C31H35N2O2+. The van der Waals surface area contributed by atoms with Crippen LogP contribution in [0.25, 0.3) is 10.8 Å². The SMILES string of the molecule is CCCCCC[N+]1(C)CN(CCc2ccc3ccccc3c2)C2=C1C(=O)c1ccccc1CC2=O. The first-order chi connectivity index (χ1) is 17.0. The van der Waals surface area contributed by atoms with Crippen molar-refractivity contribution in [2.45, 2.75) is 45.4 Å². The maximum Gasteiger partial charge on any atom is 0.248 e. The molecule has 0 bridgehead atoms. The summed E-state index contributed by atoms with van der Waals surface area (Å²) in [5.41, 5.74) is 4.16. The van der Waals surface area contributed by atoms with Gasteiger partial charge in [-0.2, -0.15) is 0 Å². The van der Waals surface area contributed by atoms with E-state index in [0.29, 0.717) is 34.5 Å². The number of hydrogen-bond acceptors (Lipinski definition) is 3. The maximum absolute atomic E-state index is 13.9. The Labute approximate surface area is 208 Å². The molecule has 3 aromatic rings. The number of benzene rings is 3. The molecule has 3 aromatic carbocycles. The lowest BCUT2D eigenvalue weighted by Gasteiger charge is -2.32. The highest BCUT2D eigenvalue weighted by Gasteiger charge is 2.49. The zero-order valence-corrected chi connectivity index (χ0v) is 20.9.